The Morgan fingerprint density at radius 3 is 2.90 bits per heavy atom. The Balaban J connectivity index is 3.09. The smallest absolute Gasteiger partial charge is 0.254 e. The van der Waals surface area contributed by atoms with Gasteiger partial charge in [-0.05, 0) is 15.9 Å². The van der Waals surface area contributed by atoms with Crippen molar-refractivity contribution in [1.29, 1.82) is 0 Å². The fourth-order valence-electron chi connectivity index (χ4n) is 0.474. The Morgan fingerprint density at radius 1 is 1.70 bits per heavy atom. The van der Waals surface area contributed by atoms with Gasteiger partial charge in [-0.15, -0.1) is 0 Å². The monoisotopic (exact) mass is 206 g/mol. The zero-order valence-electron chi connectivity index (χ0n) is 5.14. The molecular formula is C5H4BrFN2O. The average Bonchev–Trinajstić information content (AvgIpc) is 1.94. The molecule has 0 fully saturated rings. The number of methoxy groups -OCH3 is 1. The maximum atomic E-state index is 12.5. The molecule has 3 nitrogen and oxygen atoms in total. The molecule has 0 aliphatic rings. The van der Waals surface area contributed by atoms with Gasteiger partial charge in [-0.25, -0.2) is 4.98 Å². The summed E-state index contributed by atoms with van der Waals surface area (Å²) >= 11 is 2.97. The van der Waals surface area contributed by atoms with E-state index in [1.807, 2.05) is 0 Å². The standard InChI is InChI=1S/C5H4BrFN2O/c1-10-4-3(7)2-8-5(6)9-4/h2H,1H3. The van der Waals surface area contributed by atoms with E-state index in [0.717, 1.165) is 6.20 Å². The lowest BCUT2D eigenvalue weighted by atomic mass is 10.6. The second kappa shape index (κ2) is 2.92. The van der Waals surface area contributed by atoms with Crippen molar-refractivity contribution in [2.45, 2.75) is 0 Å². The van der Waals surface area contributed by atoms with E-state index in [1.165, 1.54) is 7.11 Å². The van der Waals surface area contributed by atoms with Crippen molar-refractivity contribution in [2.75, 3.05) is 7.11 Å². The van der Waals surface area contributed by atoms with Crippen molar-refractivity contribution in [3.05, 3.63) is 16.7 Å². The van der Waals surface area contributed by atoms with E-state index in [2.05, 4.69) is 30.6 Å². The molecule has 0 aromatic carbocycles. The molecule has 0 spiro atoms. The SMILES string of the molecule is COc1nc(Br)ncc1F. The normalized spacial score (nSPS) is 9.50. The molecule has 0 amide bonds. The van der Waals surface area contributed by atoms with Crippen LogP contribution in [0.1, 0.15) is 0 Å². The van der Waals surface area contributed by atoms with E-state index < -0.39 is 5.82 Å². The van der Waals surface area contributed by atoms with E-state index in [-0.39, 0.29) is 5.88 Å². The third-order valence-corrected chi connectivity index (χ3v) is 1.26. The molecule has 1 aromatic rings. The number of ether oxygens (including phenoxy) is 1. The molecule has 1 rings (SSSR count). The van der Waals surface area contributed by atoms with Crippen LogP contribution >= 0.6 is 15.9 Å². The number of aromatic nitrogens is 2. The molecule has 10 heavy (non-hydrogen) atoms. The summed E-state index contributed by atoms with van der Waals surface area (Å²) in [5.41, 5.74) is 0. The van der Waals surface area contributed by atoms with Crippen LogP contribution in [0.25, 0.3) is 0 Å². The topological polar surface area (TPSA) is 35.0 Å². The second-order valence-corrected chi connectivity index (χ2v) is 2.21. The molecule has 0 radical (unpaired) electrons. The fraction of sp³-hybridized carbons (Fsp3) is 0.200. The molecule has 5 heteroatoms. The van der Waals surface area contributed by atoms with Gasteiger partial charge in [0.15, 0.2) is 4.73 Å². The summed E-state index contributed by atoms with van der Waals surface area (Å²) in [5.74, 6) is -0.618. The van der Waals surface area contributed by atoms with Crippen LogP contribution in [-0.2, 0) is 0 Å². The van der Waals surface area contributed by atoms with Gasteiger partial charge in [0.2, 0.25) is 5.82 Å². The third kappa shape index (κ3) is 1.41. The Morgan fingerprint density at radius 2 is 2.40 bits per heavy atom. The van der Waals surface area contributed by atoms with Gasteiger partial charge in [-0.1, -0.05) is 0 Å². The molecule has 0 unspecified atom stereocenters. The number of hydrogen-bond acceptors (Lipinski definition) is 3. The van der Waals surface area contributed by atoms with E-state index >= 15 is 0 Å². The van der Waals surface area contributed by atoms with Crippen LogP contribution in [0.2, 0.25) is 0 Å². The maximum Gasteiger partial charge on any atom is 0.254 e. The van der Waals surface area contributed by atoms with Gasteiger partial charge in [-0.3, -0.25) is 0 Å². The van der Waals surface area contributed by atoms with E-state index in [4.69, 9.17) is 0 Å². The summed E-state index contributed by atoms with van der Waals surface area (Å²) < 4.78 is 17.4. The van der Waals surface area contributed by atoms with Crippen molar-refractivity contribution in [3.63, 3.8) is 0 Å². The highest BCUT2D eigenvalue weighted by Gasteiger charge is 2.03. The molecule has 1 aromatic heterocycles. The predicted octanol–water partition coefficient (Wildman–Crippen LogP) is 1.39. The molecular weight excluding hydrogens is 203 g/mol. The van der Waals surface area contributed by atoms with Crippen molar-refractivity contribution < 1.29 is 9.13 Å². The maximum absolute atomic E-state index is 12.5. The zero-order chi connectivity index (χ0) is 7.56. The highest BCUT2D eigenvalue weighted by Crippen LogP contribution is 2.13. The van der Waals surface area contributed by atoms with Gasteiger partial charge in [0.25, 0.3) is 5.88 Å². The summed E-state index contributed by atoms with van der Waals surface area (Å²) in [7, 11) is 1.35. The molecule has 54 valence electrons. The zero-order valence-corrected chi connectivity index (χ0v) is 6.72. The quantitative estimate of drug-likeness (QED) is 0.652. The van der Waals surface area contributed by atoms with Crippen molar-refractivity contribution in [2.24, 2.45) is 0 Å². The summed E-state index contributed by atoms with van der Waals surface area (Å²) in [4.78, 5) is 7.14. The van der Waals surface area contributed by atoms with Gasteiger partial charge in [0.1, 0.15) is 0 Å². The van der Waals surface area contributed by atoms with Crippen LogP contribution < -0.4 is 4.74 Å². The lowest BCUT2D eigenvalue weighted by Crippen LogP contribution is -1.93. The molecule has 0 N–H and O–H groups in total. The van der Waals surface area contributed by atoms with Crippen LogP contribution in [0.5, 0.6) is 5.88 Å². The lowest BCUT2D eigenvalue weighted by molar-refractivity contribution is 0.365. The molecule has 0 saturated heterocycles. The van der Waals surface area contributed by atoms with E-state index in [0.29, 0.717) is 4.73 Å². The third-order valence-electron chi connectivity index (χ3n) is 0.876. The Kier molecular flexibility index (Phi) is 2.16. The van der Waals surface area contributed by atoms with Crippen LogP contribution in [0, 0.1) is 5.82 Å². The first-order valence-electron chi connectivity index (χ1n) is 2.46. The largest absolute Gasteiger partial charge is 0.479 e. The second-order valence-electron chi connectivity index (χ2n) is 1.50. The van der Waals surface area contributed by atoms with Gasteiger partial charge >= 0.3 is 0 Å². The number of nitrogens with zero attached hydrogens (tertiary/aromatic N) is 2. The first-order chi connectivity index (χ1) is 4.74. The van der Waals surface area contributed by atoms with Gasteiger partial charge in [-0.2, -0.15) is 9.37 Å². The average molecular weight is 207 g/mol. The van der Waals surface area contributed by atoms with Crippen molar-refractivity contribution in [1.82, 2.24) is 9.97 Å². The minimum atomic E-state index is -0.564. The van der Waals surface area contributed by atoms with Crippen LogP contribution in [0.15, 0.2) is 10.9 Å². The van der Waals surface area contributed by atoms with Crippen molar-refractivity contribution in [3.8, 4) is 5.88 Å². The highest BCUT2D eigenvalue weighted by molar-refractivity contribution is 9.10. The first-order valence-corrected chi connectivity index (χ1v) is 3.25. The van der Waals surface area contributed by atoms with Crippen LogP contribution in [0.3, 0.4) is 0 Å². The minimum Gasteiger partial charge on any atom is -0.479 e. The van der Waals surface area contributed by atoms with Gasteiger partial charge in [0, 0.05) is 0 Å². The molecule has 0 bridgehead atoms. The van der Waals surface area contributed by atoms with Crippen LogP contribution in [-0.4, -0.2) is 17.1 Å². The van der Waals surface area contributed by atoms with Gasteiger partial charge < -0.3 is 4.74 Å². The summed E-state index contributed by atoms with van der Waals surface area (Å²) in [6.45, 7) is 0. The van der Waals surface area contributed by atoms with E-state index in [1.54, 1.807) is 0 Å². The molecule has 0 aliphatic carbocycles. The Hall–Kier alpha value is -0.710. The molecule has 0 aliphatic heterocycles. The molecule has 0 atom stereocenters. The Bertz CT molecular complexity index is 243. The summed E-state index contributed by atoms with van der Waals surface area (Å²) in [5, 5.41) is 0. The predicted molar refractivity (Wildman–Crippen MR) is 36.2 cm³/mol. The summed E-state index contributed by atoms with van der Waals surface area (Å²) in [6, 6.07) is 0. The van der Waals surface area contributed by atoms with Crippen molar-refractivity contribution >= 4 is 15.9 Å². The Labute approximate surface area is 65.4 Å². The first kappa shape index (κ1) is 7.40. The highest BCUT2D eigenvalue weighted by atomic mass is 79.9. The van der Waals surface area contributed by atoms with Crippen LogP contribution in [0.4, 0.5) is 4.39 Å². The number of rotatable bonds is 1. The molecule has 1 heterocycles. The minimum absolute atomic E-state index is 0.0538. The van der Waals surface area contributed by atoms with E-state index in [9.17, 15) is 4.39 Å². The number of halogens is 2. The fourth-order valence-corrected chi connectivity index (χ4v) is 0.738. The summed E-state index contributed by atoms with van der Waals surface area (Å²) in [6.07, 6.45) is 1.04. The van der Waals surface area contributed by atoms with Gasteiger partial charge in [0.05, 0.1) is 13.3 Å². The molecule has 0 saturated carbocycles. The number of hydrogen-bond donors (Lipinski definition) is 0. The lowest BCUT2D eigenvalue weighted by Gasteiger charge is -1.97.